The van der Waals surface area contributed by atoms with Crippen molar-refractivity contribution in [3.63, 3.8) is 0 Å². The highest BCUT2D eigenvalue weighted by Gasteiger charge is 2.17. The molecule has 4 rings (SSSR count). The minimum atomic E-state index is -0.0839. The summed E-state index contributed by atoms with van der Waals surface area (Å²) < 4.78 is 0. The second kappa shape index (κ2) is 11.9. The molecule has 0 saturated carbocycles. The van der Waals surface area contributed by atoms with Crippen LogP contribution in [0.1, 0.15) is 49.9 Å². The molecular weight excluding hydrogens is 422 g/mol. The smallest absolute Gasteiger partial charge is 0.167 e. The summed E-state index contributed by atoms with van der Waals surface area (Å²) in [5.41, 5.74) is 6.71. The maximum absolute atomic E-state index is 10.4. The first-order chi connectivity index (χ1) is 16.3. The quantitative estimate of drug-likeness (QED) is 0.332. The maximum atomic E-state index is 10.4. The number of phenolic OH excluding ortho intramolecular Hbond substituents is 2. The zero-order valence-electron chi connectivity index (χ0n) is 21.4. The molecule has 3 aromatic carbocycles. The Kier molecular flexibility index (Phi) is 9.31. The van der Waals surface area contributed by atoms with Gasteiger partial charge in [0.25, 0.3) is 0 Å². The van der Waals surface area contributed by atoms with Crippen LogP contribution in [0.25, 0.3) is 34.2 Å². The molecule has 0 fully saturated rings. The van der Waals surface area contributed by atoms with Gasteiger partial charge in [-0.2, -0.15) is 0 Å². The van der Waals surface area contributed by atoms with E-state index in [1.54, 1.807) is 6.07 Å². The fourth-order valence-electron chi connectivity index (χ4n) is 3.58. The molecule has 0 amide bonds. The first-order valence-electron chi connectivity index (χ1n) is 11.8. The highest BCUT2D eigenvalue weighted by atomic mass is 16.3. The Morgan fingerprint density at radius 2 is 0.882 bits per heavy atom. The van der Waals surface area contributed by atoms with Gasteiger partial charge in [0.05, 0.1) is 5.56 Å². The summed E-state index contributed by atoms with van der Waals surface area (Å²) in [6.07, 6.45) is 0. The van der Waals surface area contributed by atoms with Crippen molar-refractivity contribution in [2.45, 2.75) is 55.4 Å². The molecule has 0 atom stereocenters. The molecule has 4 aromatic rings. The highest BCUT2D eigenvalue weighted by molar-refractivity contribution is 5.72. The van der Waals surface area contributed by atoms with E-state index < -0.39 is 0 Å². The van der Waals surface area contributed by atoms with Gasteiger partial charge >= 0.3 is 0 Å². The van der Waals surface area contributed by atoms with Crippen molar-refractivity contribution in [1.29, 1.82) is 0 Å². The summed E-state index contributed by atoms with van der Waals surface area (Å²) in [6.45, 7) is 16.2. The number of hydrogen-bond acceptors (Lipinski definition) is 5. The monoisotopic (exact) mass is 457 g/mol. The molecule has 1 aromatic heterocycles. The summed E-state index contributed by atoms with van der Waals surface area (Å²) in [7, 11) is 0. The van der Waals surface area contributed by atoms with Gasteiger partial charge in [0.2, 0.25) is 0 Å². The Bertz CT molecular complexity index is 1100. The van der Waals surface area contributed by atoms with Crippen LogP contribution < -0.4 is 0 Å². The molecule has 0 saturated heterocycles. The largest absolute Gasteiger partial charge is 0.508 e. The first kappa shape index (κ1) is 26.5. The average Bonchev–Trinajstić information content (AvgIpc) is 2.81. The van der Waals surface area contributed by atoms with Crippen LogP contribution >= 0.6 is 0 Å². The van der Waals surface area contributed by atoms with Crippen LogP contribution in [0.5, 0.6) is 11.5 Å². The number of rotatable bonds is 3. The average molecular weight is 458 g/mol. The van der Waals surface area contributed by atoms with Crippen molar-refractivity contribution in [2.75, 3.05) is 0 Å². The summed E-state index contributed by atoms with van der Waals surface area (Å²) in [6, 6.07) is 16.7. The molecular formula is C29H35N3O2. The van der Waals surface area contributed by atoms with E-state index >= 15 is 0 Å². The predicted octanol–water partition coefficient (Wildman–Crippen LogP) is 7.57. The van der Waals surface area contributed by atoms with E-state index in [2.05, 4.69) is 22.1 Å². The fraction of sp³-hybridized carbons (Fsp3) is 0.276. The summed E-state index contributed by atoms with van der Waals surface area (Å²) >= 11 is 0. The predicted molar refractivity (Wildman–Crippen MR) is 141 cm³/mol. The standard InChI is InChI=1S/C25H23N3O2.2C2H6/c1-14-5-8-19(16(3)11-14)23-26-24(20-9-6-15(2)12-17(20)4)28-25(27-23)21-10-7-18(29)13-22(21)30;2*1-2/h5-13,29-30H,1-4H3;2*1-2H3. The fourth-order valence-corrected chi connectivity index (χ4v) is 3.58. The molecule has 5 heteroatoms. The van der Waals surface area contributed by atoms with Gasteiger partial charge in [0, 0.05) is 17.2 Å². The van der Waals surface area contributed by atoms with Crippen LogP contribution in [0.2, 0.25) is 0 Å². The van der Waals surface area contributed by atoms with Crippen molar-refractivity contribution in [1.82, 2.24) is 15.0 Å². The van der Waals surface area contributed by atoms with Crippen molar-refractivity contribution in [3.8, 4) is 45.7 Å². The van der Waals surface area contributed by atoms with E-state index in [1.165, 1.54) is 12.1 Å². The lowest BCUT2D eigenvalue weighted by Gasteiger charge is -2.12. The highest BCUT2D eigenvalue weighted by Crippen LogP contribution is 2.33. The van der Waals surface area contributed by atoms with Gasteiger partial charge in [-0.3, -0.25) is 0 Å². The molecule has 0 aliphatic heterocycles. The van der Waals surface area contributed by atoms with Gasteiger partial charge in [0.1, 0.15) is 11.5 Å². The van der Waals surface area contributed by atoms with E-state index in [0.717, 1.165) is 33.4 Å². The first-order valence-corrected chi connectivity index (χ1v) is 11.8. The second-order valence-corrected chi connectivity index (χ2v) is 7.64. The van der Waals surface area contributed by atoms with E-state index in [1.807, 2.05) is 79.7 Å². The molecule has 0 aliphatic carbocycles. The number of aryl methyl sites for hydroxylation is 4. The molecule has 0 spiro atoms. The van der Waals surface area contributed by atoms with Crippen LogP contribution in [0.3, 0.4) is 0 Å². The Labute approximate surface area is 203 Å². The minimum absolute atomic E-state index is 0.0190. The SMILES string of the molecule is CC.CC.Cc1ccc(-c2nc(-c3ccc(C)cc3C)nc(-c3ccc(O)cc3O)n2)c(C)c1. The van der Waals surface area contributed by atoms with E-state index in [-0.39, 0.29) is 11.5 Å². The lowest BCUT2D eigenvalue weighted by molar-refractivity contribution is 0.451. The van der Waals surface area contributed by atoms with Crippen LogP contribution in [0, 0.1) is 27.7 Å². The third kappa shape index (κ3) is 5.98. The van der Waals surface area contributed by atoms with Gasteiger partial charge in [-0.05, 0) is 51.0 Å². The molecule has 178 valence electrons. The van der Waals surface area contributed by atoms with E-state index in [4.69, 9.17) is 4.98 Å². The van der Waals surface area contributed by atoms with Gasteiger partial charge in [-0.1, -0.05) is 75.2 Å². The maximum Gasteiger partial charge on any atom is 0.167 e. The summed E-state index contributed by atoms with van der Waals surface area (Å²) in [4.78, 5) is 14.1. The molecule has 0 bridgehead atoms. The van der Waals surface area contributed by atoms with Crippen molar-refractivity contribution in [3.05, 3.63) is 76.9 Å². The molecule has 0 aliphatic rings. The number of aromatic nitrogens is 3. The van der Waals surface area contributed by atoms with E-state index in [0.29, 0.717) is 23.0 Å². The lowest BCUT2D eigenvalue weighted by Crippen LogP contribution is -2.02. The lowest BCUT2D eigenvalue weighted by atomic mass is 10.0. The van der Waals surface area contributed by atoms with Crippen molar-refractivity contribution < 1.29 is 10.2 Å². The van der Waals surface area contributed by atoms with Gasteiger partial charge in [-0.15, -0.1) is 0 Å². The van der Waals surface area contributed by atoms with Gasteiger partial charge < -0.3 is 10.2 Å². The molecule has 2 N–H and O–H groups in total. The topological polar surface area (TPSA) is 79.1 Å². The van der Waals surface area contributed by atoms with Gasteiger partial charge in [-0.25, -0.2) is 15.0 Å². The third-order valence-corrected chi connectivity index (χ3v) is 5.10. The second-order valence-electron chi connectivity index (χ2n) is 7.64. The van der Waals surface area contributed by atoms with Crippen LogP contribution in [0.4, 0.5) is 0 Å². The van der Waals surface area contributed by atoms with E-state index in [9.17, 15) is 10.2 Å². The molecule has 1 heterocycles. The normalized spacial score (nSPS) is 10.0. The van der Waals surface area contributed by atoms with Crippen LogP contribution in [0.15, 0.2) is 54.6 Å². The number of hydrogen-bond donors (Lipinski definition) is 2. The molecule has 5 nitrogen and oxygen atoms in total. The van der Waals surface area contributed by atoms with Crippen molar-refractivity contribution in [2.24, 2.45) is 0 Å². The summed E-state index contributed by atoms with van der Waals surface area (Å²) in [5.74, 6) is 1.33. The number of benzene rings is 3. The van der Waals surface area contributed by atoms with Crippen LogP contribution in [-0.4, -0.2) is 25.2 Å². The summed E-state index contributed by atoms with van der Waals surface area (Å²) in [5, 5.41) is 20.1. The zero-order chi connectivity index (χ0) is 25.4. The van der Waals surface area contributed by atoms with Crippen molar-refractivity contribution >= 4 is 0 Å². The zero-order valence-corrected chi connectivity index (χ0v) is 21.4. The number of nitrogens with zero attached hydrogens (tertiary/aromatic N) is 3. The number of aromatic hydroxyl groups is 2. The molecule has 0 radical (unpaired) electrons. The Hall–Kier alpha value is -3.73. The Morgan fingerprint density at radius 3 is 1.26 bits per heavy atom. The van der Waals surface area contributed by atoms with Crippen LogP contribution in [-0.2, 0) is 0 Å². The number of phenols is 2. The van der Waals surface area contributed by atoms with Gasteiger partial charge in [0.15, 0.2) is 17.5 Å². The Balaban J connectivity index is 0.000000970. The molecule has 34 heavy (non-hydrogen) atoms. The Morgan fingerprint density at radius 1 is 0.500 bits per heavy atom. The molecule has 0 unspecified atom stereocenters. The minimum Gasteiger partial charge on any atom is -0.508 e. The third-order valence-electron chi connectivity index (χ3n) is 5.10.